The van der Waals surface area contributed by atoms with Gasteiger partial charge in [0.1, 0.15) is 0 Å². The average molecular weight is 333 g/mol. The van der Waals surface area contributed by atoms with Gasteiger partial charge in [-0.15, -0.1) is 0 Å². The van der Waals surface area contributed by atoms with Crippen LogP contribution >= 0.6 is 0 Å². The number of carbonyl (C=O) groups is 1. The monoisotopic (exact) mass is 333 g/mol. The van der Waals surface area contributed by atoms with E-state index in [-0.39, 0.29) is 17.9 Å². The summed E-state index contributed by atoms with van der Waals surface area (Å²) in [6.07, 6.45) is 5.76. The van der Waals surface area contributed by atoms with Crippen LogP contribution in [-0.2, 0) is 6.42 Å². The van der Waals surface area contributed by atoms with Crippen molar-refractivity contribution in [3.63, 3.8) is 0 Å². The first kappa shape index (κ1) is 18.9. The van der Waals surface area contributed by atoms with E-state index in [0.29, 0.717) is 18.5 Å². The summed E-state index contributed by atoms with van der Waals surface area (Å²) in [6.45, 7) is 4.38. The molecule has 0 saturated heterocycles. The highest BCUT2D eigenvalue weighted by atomic mass is 16.3. The second-order valence-electron chi connectivity index (χ2n) is 8.04. The number of aliphatic hydroxyl groups excluding tert-OH is 1. The highest BCUT2D eigenvalue weighted by Gasteiger charge is 2.35. The third-order valence-electron chi connectivity index (χ3n) is 5.15. The predicted octanol–water partition coefficient (Wildman–Crippen LogP) is 3.01. The number of benzene rings is 1. The molecule has 1 aliphatic carbocycles. The Morgan fingerprint density at radius 2 is 1.79 bits per heavy atom. The van der Waals surface area contributed by atoms with Crippen molar-refractivity contribution in [1.82, 2.24) is 4.90 Å². The molecule has 2 N–H and O–H groups in total. The van der Waals surface area contributed by atoms with Crippen molar-refractivity contribution in [2.75, 3.05) is 20.2 Å². The van der Waals surface area contributed by atoms with Crippen molar-refractivity contribution in [1.29, 1.82) is 0 Å². The second kappa shape index (κ2) is 7.66. The van der Waals surface area contributed by atoms with Crippen molar-refractivity contribution in [3.8, 4) is 0 Å². The lowest BCUT2D eigenvalue weighted by molar-refractivity contribution is 0.0594. The molecular formula is C20H31NO3. The van der Waals surface area contributed by atoms with E-state index in [1.165, 1.54) is 0 Å². The van der Waals surface area contributed by atoms with Crippen molar-refractivity contribution >= 4 is 5.91 Å². The molecule has 0 heterocycles. The highest BCUT2D eigenvalue weighted by molar-refractivity contribution is 5.94. The summed E-state index contributed by atoms with van der Waals surface area (Å²) >= 11 is 0. The summed E-state index contributed by atoms with van der Waals surface area (Å²) in [5, 5.41) is 19.5. The molecule has 1 saturated carbocycles. The van der Waals surface area contributed by atoms with Crippen LogP contribution in [0.5, 0.6) is 0 Å². The Kier molecular flexibility index (Phi) is 6.05. The van der Waals surface area contributed by atoms with Gasteiger partial charge >= 0.3 is 0 Å². The van der Waals surface area contributed by atoms with E-state index in [2.05, 4.69) is 0 Å². The molecule has 1 aromatic rings. The summed E-state index contributed by atoms with van der Waals surface area (Å²) in [4.78, 5) is 14.4. The lowest BCUT2D eigenvalue weighted by Gasteiger charge is -2.31. The van der Waals surface area contributed by atoms with Gasteiger partial charge in [-0.05, 0) is 57.2 Å². The fraction of sp³-hybridized carbons (Fsp3) is 0.650. The minimum Gasteiger partial charge on any atom is -0.396 e. The zero-order valence-corrected chi connectivity index (χ0v) is 15.2. The zero-order valence-electron chi connectivity index (χ0n) is 15.2. The van der Waals surface area contributed by atoms with Crippen LogP contribution in [0.4, 0.5) is 0 Å². The lowest BCUT2D eigenvalue weighted by Crippen LogP contribution is -2.39. The number of hydrogen-bond donors (Lipinski definition) is 2. The Morgan fingerprint density at radius 1 is 1.21 bits per heavy atom. The van der Waals surface area contributed by atoms with Gasteiger partial charge in [-0.3, -0.25) is 4.79 Å². The van der Waals surface area contributed by atoms with Crippen LogP contribution in [-0.4, -0.2) is 46.8 Å². The molecule has 0 aromatic heterocycles. The highest BCUT2D eigenvalue weighted by Crippen LogP contribution is 2.38. The van der Waals surface area contributed by atoms with Crippen molar-refractivity contribution < 1.29 is 15.0 Å². The fourth-order valence-electron chi connectivity index (χ4n) is 3.55. The van der Waals surface area contributed by atoms with Crippen molar-refractivity contribution in [2.24, 2.45) is 5.41 Å². The number of aryl methyl sites for hydroxylation is 1. The van der Waals surface area contributed by atoms with Crippen molar-refractivity contribution in [3.05, 3.63) is 35.4 Å². The van der Waals surface area contributed by atoms with Crippen LogP contribution < -0.4 is 0 Å². The molecule has 0 atom stereocenters. The van der Waals surface area contributed by atoms with Crippen LogP contribution in [0.25, 0.3) is 0 Å². The lowest BCUT2D eigenvalue weighted by atomic mass is 9.86. The zero-order chi connectivity index (χ0) is 17.8. The third-order valence-corrected chi connectivity index (χ3v) is 5.15. The van der Waals surface area contributed by atoms with Gasteiger partial charge in [0.05, 0.1) is 12.2 Å². The van der Waals surface area contributed by atoms with Gasteiger partial charge < -0.3 is 15.1 Å². The topological polar surface area (TPSA) is 60.8 Å². The minimum atomic E-state index is -0.672. The van der Waals surface area contributed by atoms with Crippen LogP contribution in [0.3, 0.4) is 0 Å². The molecule has 0 aliphatic heterocycles. The summed E-state index contributed by atoms with van der Waals surface area (Å²) in [7, 11) is 1.82. The van der Waals surface area contributed by atoms with E-state index in [1.807, 2.05) is 31.3 Å². The molecule has 134 valence electrons. The Labute approximate surface area is 145 Å². The largest absolute Gasteiger partial charge is 0.396 e. The van der Waals surface area contributed by atoms with E-state index in [0.717, 1.165) is 37.7 Å². The number of carbonyl (C=O) groups excluding carboxylic acids is 1. The molecule has 0 radical (unpaired) electrons. The number of nitrogens with zero attached hydrogens (tertiary/aromatic N) is 1. The molecule has 1 aliphatic rings. The first-order valence-electron chi connectivity index (χ1n) is 8.92. The Balaban J connectivity index is 1.96. The van der Waals surface area contributed by atoms with Gasteiger partial charge in [0.2, 0.25) is 0 Å². The molecule has 24 heavy (non-hydrogen) atoms. The Bertz CT molecular complexity index is 539. The predicted molar refractivity (Wildman–Crippen MR) is 96.0 cm³/mol. The van der Waals surface area contributed by atoms with Gasteiger partial charge in [0, 0.05) is 24.6 Å². The van der Waals surface area contributed by atoms with Crippen LogP contribution in [0, 0.1) is 5.41 Å². The first-order valence-corrected chi connectivity index (χ1v) is 8.92. The fourth-order valence-corrected chi connectivity index (χ4v) is 3.55. The van der Waals surface area contributed by atoms with Crippen LogP contribution in [0.2, 0.25) is 0 Å². The second-order valence-corrected chi connectivity index (χ2v) is 8.04. The van der Waals surface area contributed by atoms with Crippen LogP contribution in [0.1, 0.15) is 61.9 Å². The molecule has 1 aromatic carbocycles. The normalized spacial score (nSPS) is 17.0. The van der Waals surface area contributed by atoms with Crippen molar-refractivity contribution in [2.45, 2.75) is 58.0 Å². The molecule has 1 fully saturated rings. The van der Waals surface area contributed by atoms with Gasteiger partial charge in [-0.2, -0.15) is 0 Å². The molecule has 1 amide bonds. The minimum absolute atomic E-state index is 0.00348. The molecule has 0 bridgehead atoms. The standard InChI is InChI=1S/C20H31NO3/c1-19(2,24)13-10-16-6-8-17(9-7-16)18(23)21(3)14-20(15-22)11-4-5-12-20/h6-9,22,24H,4-5,10-15H2,1-3H3. The molecule has 4 heteroatoms. The number of rotatable bonds is 7. The smallest absolute Gasteiger partial charge is 0.253 e. The molecule has 4 nitrogen and oxygen atoms in total. The maximum absolute atomic E-state index is 12.6. The van der Waals surface area contributed by atoms with Gasteiger partial charge in [0.15, 0.2) is 0 Å². The molecule has 0 unspecified atom stereocenters. The van der Waals surface area contributed by atoms with Gasteiger partial charge in [-0.1, -0.05) is 25.0 Å². The van der Waals surface area contributed by atoms with E-state index in [4.69, 9.17) is 0 Å². The van der Waals surface area contributed by atoms with Gasteiger partial charge in [0.25, 0.3) is 5.91 Å². The van der Waals surface area contributed by atoms with E-state index < -0.39 is 5.60 Å². The van der Waals surface area contributed by atoms with Crippen LogP contribution in [0.15, 0.2) is 24.3 Å². The molecule has 2 rings (SSSR count). The summed E-state index contributed by atoms with van der Waals surface area (Å²) in [5.74, 6) is 0.00348. The van der Waals surface area contributed by atoms with E-state index >= 15 is 0 Å². The maximum atomic E-state index is 12.6. The van der Waals surface area contributed by atoms with E-state index in [9.17, 15) is 15.0 Å². The molecular weight excluding hydrogens is 302 g/mol. The Morgan fingerprint density at radius 3 is 2.29 bits per heavy atom. The number of hydrogen-bond acceptors (Lipinski definition) is 3. The average Bonchev–Trinajstić information content (AvgIpc) is 3.01. The first-order chi connectivity index (χ1) is 11.2. The Hall–Kier alpha value is -1.39. The SMILES string of the molecule is CN(CC1(CO)CCCC1)C(=O)c1ccc(CCC(C)(C)O)cc1. The van der Waals surface area contributed by atoms with E-state index in [1.54, 1.807) is 18.7 Å². The number of aliphatic hydroxyl groups is 2. The quantitative estimate of drug-likeness (QED) is 0.806. The summed E-state index contributed by atoms with van der Waals surface area (Å²) in [5.41, 5.74) is 1.01. The van der Waals surface area contributed by atoms with Gasteiger partial charge in [-0.25, -0.2) is 0 Å². The third kappa shape index (κ3) is 5.05. The maximum Gasteiger partial charge on any atom is 0.253 e. The summed E-state index contributed by atoms with van der Waals surface area (Å²) in [6, 6.07) is 7.64. The molecule has 0 spiro atoms. The summed E-state index contributed by atoms with van der Waals surface area (Å²) < 4.78 is 0. The number of amides is 1.